The zero-order valence-corrected chi connectivity index (χ0v) is 17.5. The van der Waals surface area contributed by atoms with Gasteiger partial charge in [-0.2, -0.15) is 0 Å². The highest BCUT2D eigenvalue weighted by Crippen LogP contribution is 2.38. The van der Waals surface area contributed by atoms with Crippen LogP contribution in [-0.2, 0) is 0 Å². The van der Waals surface area contributed by atoms with Crippen molar-refractivity contribution in [2.45, 2.75) is 124 Å². The molecule has 0 aromatic carbocycles. The number of aliphatic hydroxyl groups is 1. The Morgan fingerprint density at radius 1 is 0.708 bits per heavy atom. The van der Waals surface area contributed by atoms with E-state index >= 15 is 0 Å². The Morgan fingerprint density at radius 3 is 1.67 bits per heavy atom. The predicted octanol–water partition coefficient (Wildman–Crippen LogP) is 7.74. The van der Waals surface area contributed by atoms with Crippen LogP contribution in [0.25, 0.3) is 0 Å². The fraction of sp³-hybridized carbons (Fsp3) is 0.826. The van der Waals surface area contributed by atoms with E-state index in [1.165, 1.54) is 29.6 Å². The summed E-state index contributed by atoms with van der Waals surface area (Å²) in [5.74, 6) is 0. The summed E-state index contributed by atoms with van der Waals surface area (Å²) < 4.78 is 0. The van der Waals surface area contributed by atoms with Gasteiger partial charge in [0.2, 0.25) is 0 Å². The minimum atomic E-state index is -0.594. The molecule has 0 saturated heterocycles. The normalized spacial score (nSPS) is 14.0. The lowest BCUT2D eigenvalue weighted by molar-refractivity contribution is 0.0535. The standard InChI is InChI=1S/C23H44O/c1-7-13-17-20(14-8-2)21(15-9-3)22(16-10-4)23(24,18-11-5)19-12-6/h17,24H,7-16,18-19H2,1-6H3/b20-17+,22-21+. The van der Waals surface area contributed by atoms with Gasteiger partial charge in [0.25, 0.3) is 0 Å². The van der Waals surface area contributed by atoms with E-state index in [4.69, 9.17) is 0 Å². The molecular formula is C23H44O. The molecule has 0 aromatic heterocycles. The van der Waals surface area contributed by atoms with E-state index in [0.29, 0.717) is 0 Å². The van der Waals surface area contributed by atoms with Crippen molar-refractivity contribution in [2.75, 3.05) is 0 Å². The number of hydrogen-bond acceptors (Lipinski definition) is 1. The SMILES string of the molecule is CCC/C=C(CCC)/C(CCC)=C(\CCC)C(O)(CCC)CCC. The van der Waals surface area contributed by atoms with E-state index in [9.17, 15) is 5.11 Å². The van der Waals surface area contributed by atoms with E-state index in [0.717, 1.165) is 64.2 Å². The maximum Gasteiger partial charge on any atom is 0.0862 e. The monoisotopic (exact) mass is 336 g/mol. The zero-order chi connectivity index (χ0) is 18.4. The first-order valence-electron chi connectivity index (χ1n) is 10.7. The fourth-order valence-electron chi connectivity index (χ4n) is 3.89. The van der Waals surface area contributed by atoms with Crippen molar-refractivity contribution in [2.24, 2.45) is 0 Å². The molecular weight excluding hydrogens is 292 g/mol. The quantitative estimate of drug-likeness (QED) is 0.322. The van der Waals surface area contributed by atoms with Crippen LogP contribution < -0.4 is 0 Å². The van der Waals surface area contributed by atoms with Crippen LogP contribution in [0.3, 0.4) is 0 Å². The summed E-state index contributed by atoms with van der Waals surface area (Å²) in [5, 5.41) is 11.6. The topological polar surface area (TPSA) is 20.2 Å². The Kier molecular flexibility index (Phi) is 13.4. The molecule has 0 amide bonds. The van der Waals surface area contributed by atoms with Crippen molar-refractivity contribution in [3.05, 3.63) is 22.8 Å². The highest BCUT2D eigenvalue weighted by atomic mass is 16.3. The predicted molar refractivity (Wildman–Crippen MR) is 110 cm³/mol. The van der Waals surface area contributed by atoms with E-state index in [2.05, 4.69) is 47.6 Å². The van der Waals surface area contributed by atoms with Crippen LogP contribution in [0.2, 0.25) is 0 Å². The molecule has 0 spiro atoms. The molecule has 0 atom stereocenters. The maximum absolute atomic E-state index is 11.6. The second kappa shape index (κ2) is 13.7. The maximum atomic E-state index is 11.6. The van der Waals surface area contributed by atoms with E-state index in [1.807, 2.05) is 0 Å². The molecule has 0 heterocycles. The molecule has 0 aliphatic rings. The lowest BCUT2D eigenvalue weighted by atomic mass is 9.77. The number of hydrogen-bond donors (Lipinski definition) is 1. The fourth-order valence-corrected chi connectivity index (χ4v) is 3.89. The third-order valence-corrected chi connectivity index (χ3v) is 4.84. The third kappa shape index (κ3) is 7.55. The highest BCUT2D eigenvalue weighted by Gasteiger charge is 2.31. The van der Waals surface area contributed by atoms with Crippen LogP contribution in [0.5, 0.6) is 0 Å². The number of allylic oxidation sites excluding steroid dienone is 3. The first kappa shape index (κ1) is 23.4. The molecule has 0 fully saturated rings. The highest BCUT2D eigenvalue weighted by molar-refractivity contribution is 5.39. The molecule has 0 saturated carbocycles. The Labute approximate surface area is 152 Å². The molecule has 0 aromatic rings. The second-order valence-electron chi connectivity index (χ2n) is 7.26. The van der Waals surface area contributed by atoms with Gasteiger partial charge in [-0.1, -0.05) is 86.1 Å². The summed E-state index contributed by atoms with van der Waals surface area (Å²) in [6, 6.07) is 0. The second-order valence-corrected chi connectivity index (χ2v) is 7.26. The van der Waals surface area contributed by atoms with Crippen molar-refractivity contribution in [3.8, 4) is 0 Å². The van der Waals surface area contributed by atoms with Gasteiger partial charge in [-0.15, -0.1) is 0 Å². The van der Waals surface area contributed by atoms with E-state index in [-0.39, 0.29) is 0 Å². The molecule has 0 radical (unpaired) electrons. The molecule has 1 nitrogen and oxygen atoms in total. The number of rotatable bonds is 14. The van der Waals surface area contributed by atoms with Gasteiger partial charge in [-0.05, 0) is 55.2 Å². The van der Waals surface area contributed by atoms with Crippen LogP contribution in [0.15, 0.2) is 22.8 Å². The van der Waals surface area contributed by atoms with Crippen LogP contribution in [-0.4, -0.2) is 10.7 Å². The Morgan fingerprint density at radius 2 is 1.25 bits per heavy atom. The average molecular weight is 337 g/mol. The van der Waals surface area contributed by atoms with Gasteiger partial charge in [-0.25, -0.2) is 0 Å². The molecule has 0 unspecified atom stereocenters. The van der Waals surface area contributed by atoms with Gasteiger partial charge >= 0.3 is 0 Å². The molecule has 24 heavy (non-hydrogen) atoms. The van der Waals surface area contributed by atoms with Crippen LogP contribution in [0, 0.1) is 0 Å². The summed E-state index contributed by atoms with van der Waals surface area (Å²) >= 11 is 0. The zero-order valence-electron chi connectivity index (χ0n) is 17.5. The minimum Gasteiger partial charge on any atom is -0.385 e. The largest absolute Gasteiger partial charge is 0.385 e. The van der Waals surface area contributed by atoms with Gasteiger partial charge in [0, 0.05) is 0 Å². The summed E-state index contributed by atoms with van der Waals surface area (Å²) in [6.07, 6.45) is 15.5. The minimum absolute atomic E-state index is 0.594. The number of unbranched alkanes of at least 4 members (excludes halogenated alkanes) is 1. The molecule has 0 rings (SSSR count). The smallest absolute Gasteiger partial charge is 0.0862 e. The Balaban J connectivity index is 6.16. The van der Waals surface area contributed by atoms with Crippen molar-refractivity contribution < 1.29 is 5.11 Å². The average Bonchev–Trinajstić information content (AvgIpc) is 2.55. The first-order chi connectivity index (χ1) is 11.5. The summed E-state index contributed by atoms with van der Waals surface area (Å²) in [5.41, 5.74) is 3.80. The summed E-state index contributed by atoms with van der Waals surface area (Å²) in [6.45, 7) is 13.4. The van der Waals surface area contributed by atoms with Crippen LogP contribution >= 0.6 is 0 Å². The van der Waals surface area contributed by atoms with Crippen LogP contribution in [0.1, 0.15) is 119 Å². The van der Waals surface area contributed by atoms with Crippen molar-refractivity contribution in [3.63, 3.8) is 0 Å². The molecule has 0 bridgehead atoms. The van der Waals surface area contributed by atoms with Gasteiger partial charge in [0.05, 0.1) is 5.60 Å². The summed E-state index contributed by atoms with van der Waals surface area (Å²) in [4.78, 5) is 0. The van der Waals surface area contributed by atoms with Crippen molar-refractivity contribution >= 4 is 0 Å². The first-order valence-corrected chi connectivity index (χ1v) is 10.7. The summed E-state index contributed by atoms with van der Waals surface area (Å²) in [7, 11) is 0. The third-order valence-electron chi connectivity index (χ3n) is 4.84. The molecule has 0 aliphatic carbocycles. The van der Waals surface area contributed by atoms with Gasteiger partial charge in [-0.3, -0.25) is 0 Å². The van der Waals surface area contributed by atoms with Crippen molar-refractivity contribution in [1.29, 1.82) is 0 Å². The van der Waals surface area contributed by atoms with Crippen LogP contribution in [0.4, 0.5) is 0 Å². The lowest BCUT2D eigenvalue weighted by Gasteiger charge is -2.34. The van der Waals surface area contributed by atoms with E-state index in [1.54, 1.807) is 0 Å². The molecule has 0 aliphatic heterocycles. The molecule has 1 N–H and O–H groups in total. The molecule has 1 heteroatoms. The van der Waals surface area contributed by atoms with Gasteiger partial charge < -0.3 is 5.11 Å². The Bertz CT molecular complexity index is 369. The molecule has 142 valence electrons. The van der Waals surface area contributed by atoms with Gasteiger partial charge in [0.15, 0.2) is 0 Å². The lowest BCUT2D eigenvalue weighted by Crippen LogP contribution is -2.32. The van der Waals surface area contributed by atoms with Gasteiger partial charge in [0.1, 0.15) is 0 Å². The Hall–Kier alpha value is -0.560. The van der Waals surface area contributed by atoms with Crippen molar-refractivity contribution in [1.82, 2.24) is 0 Å². The van der Waals surface area contributed by atoms with E-state index < -0.39 is 5.60 Å².